The first-order valence-electron chi connectivity index (χ1n) is 31.1. The molecule has 13 unspecified atom stereocenters. The second kappa shape index (κ2) is 33.8. The third-order valence-corrected chi connectivity index (χ3v) is 25.1. The molecule has 5 aromatic rings. The minimum atomic E-state index is -4.94. The van der Waals surface area contributed by atoms with Gasteiger partial charge in [-0.1, -0.05) is 55.2 Å². The Labute approximate surface area is 562 Å². The summed E-state index contributed by atoms with van der Waals surface area (Å²) in [7, 11) is -4.94. The average molecular weight is 1370 g/mol. The first-order valence-corrected chi connectivity index (χ1v) is 37.4. The molecule has 0 spiro atoms. The summed E-state index contributed by atoms with van der Waals surface area (Å²) in [5, 5.41) is 0.523. The zero-order valence-electron chi connectivity index (χ0n) is 52.6. The van der Waals surface area contributed by atoms with Crippen LogP contribution >= 0.6 is 56.7 Å². The van der Waals surface area contributed by atoms with Gasteiger partial charge in [0.1, 0.15) is 5.25 Å². The topological polar surface area (TPSA) is 197 Å². The lowest BCUT2D eigenvalue weighted by Crippen LogP contribution is -2.68. The maximum Gasteiger partial charge on any atom is 0.310 e. The van der Waals surface area contributed by atoms with E-state index in [1.807, 2.05) is 30.4 Å². The summed E-state index contributed by atoms with van der Waals surface area (Å²) < 4.78 is 61.1. The molecule has 0 amide bonds. The van der Waals surface area contributed by atoms with E-state index in [0.717, 1.165) is 76.1 Å². The molecule has 4 fully saturated rings. The number of thiophene rings is 5. The van der Waals surface area contributed by atoms with Crippen molar-refractivity contribution in [3.05, 3.63) is 175 Å². The van der Waals surface area contributed by atoms with E-state index >= 15 is 0 Å². The van der Waals surface area contributed by atoms with Crippen molar-refractivity contribution >= 4 is 104 Å². The van der Waals surface area contributed by atoms with E-state index in [4.69, 9.17) is 37.6 Å². The number of carbonyl (C=O) groups is 4. The quantitative estimate of drug-likeness (QED) is 0.0209. The first kappa shape index (κ1) is 71.6. The molecule has 5 aliphatic rings. The largest absolute Gasteiger partial charge is 0.466 e. The summed E-state index contributed by atoms with van der Waals surface area (Å²) >= 11 is 10.1. The molecule has 0 radical (unpaired) electrons. The first-order chi connectivity index (χ1) is 43.4. The fourth-order valence-electron chi connectivity index (χ4n) is 13.3. The van der Waals surface area contributed by atoms with Crippen molar-refractivity contribution in [2.75, 3.05) is 26.4 Å². The smallest absolute Gasteiger partial charge is 0.310 e. The molecular formula is C72H85ClO12S6. The number of ether oxygens (including phenoxy) is 4. The number of hydrogen-bond acceptors (Lipinski definition) is 17. The van der Waals surface area contributed by atoms with Gasteiger partial charge < -0.3 is 18.9 Å². The number of thiol groups is 1. The highest BCUT2D eigenvalue weighted by atomic mass is 35.7. The number of esters is 4. The average Bonchev–Trinajstić information content (AvgIpc) is 1.70. The zero-order chi connectivity index (χ0) is 65.5. The number of aryl methyl sites for hydroxylation is 2. The fraction of sp³-hybridized carbons (Fsp3) is 0.444. The van der Waals surface area contributed by atoms with E-state index < -0.39 is 10.2 Å². The fourth-order valence-corrected chi connectivity index (χ4v) is 19.7. The standard InChI is InChI=1S/2C36H42O4S3.ClHO4/c2*1-6-25-14-28(31(15-25)20-39-24(5)37)11-10-26-16-27(7-2)30(17-26)21-40-35(38)19-29-18-34(32-12-8-22(3)41-32)43-36(29)33-13-9-23(4)42-33;2-1(3,4)5/h6-13,18,25-28,30-31H,1-2,14-17,19-21H2,3-5H3;6-13,18,22,25-28,30-31H,1-2,4,14-17,19-21H2,3,5H3;(H,2,3,4,5)/b11-10+;11-10+,34-32+,36-33+;. The van der Waals surface area contributed by atoms with Gasteiger partial charge in [0.15, 0.2) is 4.91 Å². The van der Waals surface area contributed by atoms with Crippen LogP contribution in [0.4, 0.5) is 0 Å². The molecule has 10 rings (SSSR count). The van der Waals surface area contributed by atoms with Crippen molar-refractivity contribution in [2.45, 2.75) is 104 Å². The van der Waals surface area contributed by atoms with Gasteiger partial charge in [0.05, 0.1) is 43.8 Å². The maximum atomic E-state index is 13.2. The number of allylic oxidation sites excluding steroid dienone is 8. The van der Waals surface area contributed by atoms with Crippen LogP contribution in [-0.2, 0) is 62.7 Å². The van der Waals surface area contributed by atoms with Crippen LogP contribution in [0.1, 0.15) is 93.0 Å². The molecule has 4 aliphatic carbocycles. The Morgan fingerprint density at radius 2 is 1.01 bits per heavy atom. The lowest BCUT2D eigenvalue weighted by molar-refractivity contribution is -2.00. The normalized spacial score (nSPS) is 27.1. The van der Waals surface area contributed by atoms with Crippen molar-refractivity contribution < 1.29 is 67.0 Å². The second-order valence-corrected chi connectivity index (χ2v) is 32.8. The number of carbonyl (C=O) groups excluding carboxylic acids is 4. The van der Waals surface area contributed by atoms with Gasteiger partial charge in [0.25, 0.3) is 0 Å². The van der Waals surface area contributed by atoms with Gasteiger partial charge in [0.2, 0.25) is 0 Å². The highest BCUT2D eigenvalue weighted by molar-refractivity contribution is 7.89. The van der Waals surface area contributed by atoms with Crippen LogP contribution in [0.5, 0.6) is 0 Å². The SMILES string of the molecule is C=CC1CC(/C=C/C2CC(C=C)C(COC(=O)Cc3c/c(=C4/C=CC(C)[SH+]4)s/c3=c3\ccc(=C)s3)C2)C(COC(C)=O)C1.C=CC1CC(/C=C/C2CC(C=C)C(COC(=O)Cc3cc(-c4ccc(C)s4)sc3-c3ccc(C)s3)C2)C(COC(C)=O)C1.[O-][Cl+3]([O-])([O-])[O-]. The van der Waals surface area contributed by atoms with Crippen LogP contribution in [-0.4, -0.2) is 55.6 Å². The lowest BCUT2D eigenvalue weighted by Gasteiger charge is -2.17. The van der Waals surface area contributed by atoms with Gasteiger partial charge in [-0.3, -0.25) is 19.2 Å². The Bertz CT molecular complexity index is 3660. The number of rotatable bonds is 22. The molecule has 0 saturated heterocycles. The Balaban J connectivity index is 0.000000218. The molecule has 0 N–H and O–H groups in total. The monoisotopic (exact) mass is 1370 g/mol. The van der Waals surface area contributed by atoms with Gasteiger partial charge in [-0.15, -0.1) is 93.2 Å². The van der Waals surface area contributed by atoms with Crippen LogP contribution in [0, 0.1) is 104 Å². The number of hydrogen-bond donors (Lipinski definition) is 0. The third-order valence-electron chi connectivity index (χ3n) is 17.8. The minimum Gasteiger partial charge on any atom is -0.466 e. The van der Waals surface area contributed by atoms with E-state index in [1.54, 1.807) is 56.7 Å². The van der Waals surface area contributed by atoms with Gasteiger partial charge >= 0.3 is 23.9 Å². The van der Waals surface area contributed by atoms with Crippen molar-refractivity contribution in [3.8, 4) is 19.5 Å². The van der Waals surface area contributed by atoms with E-state index in [1.165, 1.54) is 64.3 Å². The molecular weight excluding hydrogens is 1280 g/mol. The summed E-state index contributed by atoms with van der Waals surface area (Å²) in [4.78, 5) is 57.8. The van der Waals surface area contributed by atoms with Crippen LogP contribution in [0.3, 0.4) is 0 Å². The zero-order valence-corrected chi connectivity index (χ0v) is 58.3. The van der Waals surface area contributed by atoms with Crippen LogP contribution < -0.4 is 27.7 Å². The molecule has 19 heteroatoms. The van der Waals surface area contributed by atoms with Crippen molar-refractivity contribution in [3.63, 3.8) is 0 Å². The van der Waals surface area contributed by atoms with Crippen molar-refractivity contribution in [1.29, 1.82) is 0 Å². The minimum absolute atomic E-state index is 0.169. The van der Waals surface area contributed by atoms with Crippen molar-refractivity contribution in [2.24, 2.45) is 71.0 Å². The molecule has 0 bridgehead atoms. The van der Waals surface area contributed by atoms with Crippen LogP contribution in [0.25, 0.3) is 31.0 Å². The van der Waals surface area contributed by atoms with Crippen LogP contribution in [0.2, 0.25) is 0 Å². The molecule has 1 aliphatic heterocycles. The molecule has 5 aromatic heterocycles. The maximum absolute atomic E-state index is 13.2. The Hall–Kier alpha value is -5.22. The molecule has 488 valence electrons. The van der Waals surface area contributed by atoms with Gasteiger partial charge in [0, 0.05) is 68.5 Å². The lowest BCUT2D eigenvalue weighted by atomic mass is 9.94. The summed E-state index contributed by atoms with van der Waals surface area (Å²) in [5.74, 6) is 3.59. The Morgan fingerprint density at radius 3 is 1.45 bits per heavy atom. The van der Waals surface area contributed by atoms with Gasteiger partial charge in [-0.25, -0.2) is 18.6 Å². The summed E-state index contributed by atoms with van der Waals surface area (Å²) in [6.45, 7) is 31.4. The predicted molar refractivity (Wildman–Crippen MR) is 363 cm³/mol. The summed E-state index contributed by atoms with van der Waals surface area (Å²) in [5.41, 5.74) is 2.08. The predicted octanol–water partition coefficient (Wildman–Crippen LogP) is 11.2. The summed E-state index contributed by atoms with van der Waals surface area (Å²) in [6.07, 6.45) is 30.6. The molecule has 4 saturated carbocycles. The van der Waals surface area contributed by atoms with E-state index in [2.05, 4.69) is 133 Å². The van der Waals surface area contributed by atoms with E-state index in [0.29, 0.717) is 90.9 Å². The molecule has 0 aromatic carbocycles. The molecule has 12 nitrogen and oxygen atoms in total. The molecule has 13 atom stereocenters. The van der Waals surface area contributed by atoms with E-state index in [-0.39, 0.29) is 48.6 Å². The Morgan fingerprint density at radius 1 is 0.538 bits per heavy atom. The van der Waals surface area contributed by atoms with Crippen molar-refractivity contribution in [1.82, 2.24) is 0 Å². The molecule has 6 heterocycles. The third kappa shape index (κ3) is 21.4. The van der Waals surface area contributed by atoms with E-state index in [9.17, 15) is 19.2 Å². The van der Waals surface area contributed by atoms with Gasteiger partial charge in [-0.2, -0.15) is 0 Å². The Kier molecular flexibility index (Phi) is 26.6. The highest BCUT2D eigenvalue weighted by Gasteiger charge is 2.37. The van der Waals surface area contributed by atoms with Crippen LogP contribution in [0.15, 0.2) is 136 Å². The highest BCUT2D eigenvalue weighted by Crippen LogP contribution is 2.46. The molecule has 91 heavy (non-hydrogen) atoms. The number of halogens is 1. The summed E-state index contributed by atoms with van der Waals surface area (Å²) in [6, 6.07) is 17.1. The second-order valence-electron chi connectivity index (χ2n) is 24.7. The van der Waals surface area contributed by atoms with Gasteiger partial charge in [-0.05, 0) is 215 Å².